The lowest BCUT2D eigenvalue weighted by Gasteiger charge is -2.42. The van der Waals surface area contributed by atoms with E-state index in [0.29, 0.717) is 51.4 Å². The summed E-state index contributed by atoms with van der Waals surface area (Å²) >= 11 is 0. The Balaban J connectivity index is 1.40. The van der Waals surface area contributed by atoms with Crippen LogP contribution in [-0.4, -0.2) is 67.3 Å². The van der Waals surface area contributed by atoms with Crippen LogP contribution in [0.25, 0.3) is 0 Å². The van der Waals surface area contributed by atoms with Gasteiger partial charge in [-0.25, -0.2) is 17.2 Å². The number of alkyl halides is 3. The standard InChI is InChI=1S/C20H22F5N5O4S/c1-35(32,33)16-10-12(21)15(9-13(16)22)26-14-3-2-6-30(17(14)31)11-4-7-29(8-5-11)19-27-18(28-34-19)20(23,24)25/h9-11,14,26H,2-8H2,1H3/t14-/m0/s1. The molecular weight excluding hydrogens is 501 g/mol. The molecule has 3 heterocycles. The van der Waals surface area contributed by atoms with Crippen molar-refractivity contribution >= 4 is 27.4 Å². The van der Waals surface area contributed by atoms with Gasteiger partial charge in [0.2, 0.25) is 5.91 Å². The molecule has 2 aliphatic heterocycles. The van der Waals surface area contributed by atoms with Gasteiger partial charge in [0.05, 0.1) is 5.69 Å². The van der Waals surface area contributed by atoms with Gasteiger partial charge in [0.15, 0.2) is 9.84 Å². The summed E-state index contributed by atoms with van der Waals surface area (Å²) in [5.74, 6) is -3.80. The van der Waals surface area contributed by atoms with E-state index >= 15 is 0 Å². The fourth-order valence-electron chi connectivity index (χ4n) is 4.33. The van der Waals surface area contributed by atoms with Crippen molar-refractivity contribution in [3.05, 3.63) is 29.6 Å². The maximum atomic E-state index is 14.5. The van der Waals surface area contributed by atoms with Crippen LogP contribution in [0.15, 0.2) is 21.6 Å². The third kappa shape index (κ3) is 5.33. The van der Waals surface area contributed by atoms with Gasteiger partial charge in [0, 0.05) is 38.0 Å². The molecule has 1 atom stereocenters. The first kappa shape index (κ1) is 25.1. The molecule has 0 spiro atoms. The van der Waals surface area contributed by atoms with Crippen molar-refractivity contribution in [2.45, 2.75) is 48.8 Å². The van der Waals surface area contributed by atoms with Crippen LogP contribution >= 0.6 is 0 Å². The average molecular weight is 523 g/mol. The quantitative estimate of drug-likeness (QED) is 0.597. The smallest absolute Gasteiger partial charge is 0.371 e. The van der Waals surface area contributed by atoms with Gasteiger partial charge in [-0.05, 0) is 36.9 Å². The predicted molar refractivity (Wildman–Crippen MR) is 112 cm³/mol. The number of benzene rings is 1. The van der Waals surface area contributed by atoms with Crippen LogP contribution in [0.5, 0.6) is 0 Å². The van der Waals surface area contributed by atoms with Crippen LogP contribution < -0.4 is 10.2 Å². The number of carbonyl (C=O) groups excluding carboxylic acids is 1. The van der Waals surface area contributed by atoms with Crippen molar-refractivity contribution < 1.29 is 39.7 Å². The Morgan fingerprint density at radius 3 is 2.37 bits per heavy atom. The lowest BCUT2D eigenvalue weighted by atomic mass is 9.97. The van der Waals surface area contributed by atoms with E-state index in [1.165, 1.54) is 4.90 Å². The fourth-order valence-corrected chi connectivity index (χ4v) is 5.07. The first-order valence-corrected chi connectivity index (χ1v) is 12.7. The van der Waals surface area contributed by atoms with E-state index in [0.717, 1.165) is 12.3 Å². The van der Waals surface area contributed by atoms with Crippen molar-refractivity contribution in [1.82, 2.24) is 15.0 Å². The van der Waals surface area contributed by atoms with Gasteiger partial charge < -0.3 is 19.6 Å². The van der Waals surface area contributed by atoms with Gasteiger partial charge in [-0.15, -0.1) is 0 Å². The minimum atomic E-state index is -4.71. The zero-order valence-corrected chi connectivity index (χ0v) is 19.3. The highest BCUT2D eigenvalue weighted by molar-refractivity contribution is 7.90. The van der Waals surface area contributed by atoms with E-state index in [1.807, 2.05) is 0 Å². The number of nitrogens with one attached hydrogen (secondary N) is 1. The van der Waals surface area contributed by atoms with Gasteiger partial charge in [0.1, 0.15) is 22.6 Å². The van der Waals surface area contributed by atoms with Gasteiger partial charge in [0.25, 0.3) is 5.82 Å². The number of halogens is 5. The van der Waals surface area contributed by atoms with Crippen molar-refractivity contribution in [2.75, 3.05) is 36.1 Å². The highest BCUT2D eigenvalue weighted by atomic mass is 32.2. The average Bonchev–Trinajstić information content (AvgIpc) is 3.28. The van der Waals surface area contributed by atoms with Crippen molar-refractivity contribution in [1.29, 1.82) is 0 Å². The van der Waals surface area contributed by atoms with Crippen molar-refractivity contribution in [3.8, 4) is 0 Å². The van der Waals surface area contributed by atoms with Crippen molar-refractivity contribution in [2.24, 2.45) is 0 Å². The number of hydrogen-bond donors (Lipinski definition) is 1. The molecule has 1 amide bonds. The highest BCUT2D eigenvalue weighted by Gasteiger charge is 2.39. The molecule has 0 unspecified atom stereocenters. The molecule has 15 heteroatoms. The van der Waals surface area contributed by atoms with E-state index in [9.17, 15) is 35.2 Å². The van der Waals surface area contributed by atoms with Crippen LogP contribution in [0, 0.1) is 11.6 Å². The fraction of sp³-hybridized carbons (Fsp3) is 0.550. The van der Waals surface area contributed by atoms with E-state index in [4.69, 9.17) is 4.52 Å². The van der Waals surface area contributed by atoms with Crippen LogP contribution in [0.3, 0.4) is 0 Å². The number of aromatic nitrogens is 2. The third-order valence-electron chi connectivity index (χ3n) is 6.07. The van der Waals surface area contributed by atoms with E-state index in [2.05, 4.69) is 15.5 Å². The lowest BCUT2D eigenvalue weighted by Crippen LogP contribution is -2.54. The maximum absolute atomic E-state index is 14.5. The predicted octanol–water partition coefficient (Wildman–Crippen LogP) is 2.84. The number of carbonyl (C=O) groups is 1. The highest BCUT2D eigenvalue weighted by Crippen LogP contribution is 2.31. The molecule has 2 aliphatic rings. The third-order valence-corrected chi connectivity index (χ3v) is 7.18. The first-order chi connectivity index (χ1) is 16.3. The largest absolute Gasteiger partial charge is 0.455 e. The molecule has 4 rings (SSSR count). The molecule has 0 saturated carbocycles. The summed E-state index contributed by atoms with van der Waals surface area (Å²) in [5, 5.41) is 5.64. The van der Waals surface area contributed by atoms with Crippen LogP contribution in [-0.2, 0) is 20.8 Å². The normalized spacial score (nSPS) is 20.4. The zero-order chi connectivity index (χ0) is 25.5. The molecule has 1 aromatic heterocycles. The maximum Gasteiger partial charge on any atom is 0.455 e. The van der Waals surface area contributed by atoms with Crippen LogP contribution in [0.1, 0.15) is 31.5 Å². The number of likely N-dealkylation sites (tertiary alicyclic amines) is 1. The number of amides is 1. The summed E-state index contributed by atoms with van der Waals surface area (Å²) in [4.78, 5) is 18.8. The minimum Gasteiger partial charge on any atom is -0.371 e. The molecular formula is C20H22F5N5O4S. The van der Waals surface area contributed by atoms with Crippen molar-refractivity contribution in [3.63, 3.8) is 0 Å². The Labute approximate surface area is 197 Å². The molecule has 9 nitrogen and oxygen atoms in total. The number of anilines is 2. The van der Waals surface area contributed by atoms with Gasteiger partial charge >= 0.3 is 12.2 Å². The monoisotopic (exact) mass is 523 g/mol. The molecule has 35 heavy (non-hydrogen) atoms. The summed E-state index contributed by atoms with van der Waals surface area (Å²) in [5.41, 5.74) is -0.318. The molecule has 2 saturated heterocycles. The molecule has 0 radical (unpaired) electrons. The second-order valence-electron chi connectivity index (χ2n) is 8.52. The van der Waals surface area contributed by atoms with E-state index < -0.39 is 44.4 Å². The SMILES string of the molecule is CS(=O)(=O)c1cc(F)c(N[C@H]2CCCN(C3CCN(c4nc(C(F)(F)F)no4)CC3)C2=O)cc1F. The Kier molecular flexibility index (Phi) is 6.64. The van der Waals surface area contributed by atoms with Crippen LogP contribution in [0.4, 0.5) is 33.7 Å². The van der Waals surface area contributed by atoms with Crippen LogP contribution in [0.2, 0.25) is 0 Å². The molecule has 0 bridgehead atoms. The van der Waals surface area contributed by atoms with Gasteiger partial charge in [-0.2, -0.15) is 18.2 Å². The summed E-state index contributed by atoms with van der Waals surface area (Å²) in [6, 6.07) is 0.00822. The van der Waals surface area contributed by atoms with Gasteiger partial charge in [-0.1, -0.05) is 0 Å². The molecule has 192 valence electrons. The number of nitrogens with zero attached hydrogens (tertiary/aromatic N) is 4. The summed E-state index contributed by atoms with van der Waals surface area (Å²) in [7, 11) is -3.96. The molecule has 1 N–H and O–H groups in total. The number of hydrogen-bond acceptors (Lipinski definition) is 8. The Hall–Kier alpha value is -2.97. The molecule has 1 aromatic carbocycles. The number of rotatable bonds is 5. The first-order valence-electron chi connectivity index (χ1n) is 10.8. The summed E-state index contributed by atoms with van der Waals surface area (Å²) in [6.45, 7) is 1.03. The molecule has 2 fully saturated rings. The topological polar surface area (TPSA) is 109 Å². The molecule has 2 aromatic rings. The molecule has 0 aliphatic carbocycles. The van der Waals surface area contributed by atoms with Gasteiger partial charge in [-0.3, -0.25) is 4.79 Å². The second-order valence-corrected chi connectivity index (χ2v) is 10.5. The summed E-state index contributed by atoms with van der Waals surface area (Å²) < 4.78 is 94.7. The number of piperidine rings is 2. The minimum absolute atomic E-state index is 0.206. The second kappa shape index (κ2) is 9.24. The number of sulfone groups is 1. The summed E-state index contributed by atoms with van der Waals surface area (Å²) in [6.07, 6.45) is -2.11. The Bertz CT molecular complexity index is 1210. The lowest BCUT2D eigenvalue weighted by molar-refractivity contribution is -0.146. The van der Waals surface area contributed by atoms with E-state index in [-0.39, 0.29) is 23.7 Å². The Morgan fingerprint density at radius 1 is 1.09 bits per heavy atom. The Morgan fingerprint density at radius 2 is 1.77 bits per heavy atom. The zero-order valence-electron chi connectivity index (χ0n) is 18.5. The van der Waals surface area contributed by atoms with E-state index in [1.54, 1.807) is 4.90 Å².